The molecule has 28 heavy (non-hydrogen) atoms. The van der Waals surface area contributed by atoms with Crippen LogP contribution in [0.15, 0.2) is 77.7 Å². The molecule has 0 fully saturated rings. The van der Waals surface area contributed by atoms with E-state index in [1.165, 1.54) is 0 Å². The van der Waals surface area contributed by atoms with E-state index < -0.39 is 16.0 Å². The van der Waals surface area contributed by atoms with Crippen LogP contribution in [0.3, 0.4) is 0 Å². The largest absolute Gasteiger partial charge is 0.478 e. The number of nitrogens with one attached hydrogen (secondary N) is 1. The zero-order valence-corrected chi connectivity index (χ0v) is 16.2. The Balaban J connectivity index is 1.65. The van der Waals surface area contributed by atoms with Crippen LogP contribution in [-0.2, 0) is 22.9 Å². The van der Waals surface area contributed by atoms with E-state index in [4.69, 9.17) is 5.11 Å². The number of hydrogen-bond donors (Lipinski definition) is 2. The quantitative estimate of drug-likeness (QED) is 0.625. The first-order valence-electron chi connectivity index (χ1n) is 8.84. The predicted molar refractivity (Wildman–Crippen MR) is 109 cm³/mol. The number of carbonyl (C=O) groups is 1. The second-order valence-corrected chi connectivity index (χ2v) is 8.31. The molecule has 3 aromatic carbocycles. The van der Waals surface area contributed by atoms with Crippen LogP contribution in [0.5, 0.6) is 0 Å². The second-order valence-electron chi connectivity index (χ2n) is 6.62. The van der Waals surface area contributed by atoms with Gasteiger partial charge < -0.3 is 5.11 Å². The average Bonchev–Trinajstić information content (AvgIpc) is 2.67. The first-order valence-corrected chi connectivity index (χ1v) is 10.3. The third-order valence-electron chi connectivity index (χ3n) is 4.38. The van der Waals surface area contributed by atoms with Crippen molar-refractivity contribution in [1.29, 1.82) is 0 Å². The summed E-state index contributed by atoms with van der Waals surface area (Å²) in [6.45, 7) is 1.85. The van der Waals surface area contributed by atoms with Gasteiger partial charge in [-0.2, -0.15) is 0 Å². The molecule has 0 aromatic heterocycles. The van der Waals surface area contributed by atoms with Gasteiger partial charge in [0.15, 0.2) is 0 Å². The summed E-state index contributed by atoms with van der Waals surface area (Å²) in [6.07, 6.45) is 1.43. The number of hydrogen-bond acceptors (Lipinski definition) is 3. The van der Waals surface area contributed by atoms with E-state index in [9.17, 15) is 13.2 Å². The number of anilines is 1. The van der Waals surface area contributed by atoms with Gasteiger partial charge >= 0.3 is 5.97 Å². The molecule has 2 N–H and O–H groups in total. The summed E-state index contributed by atoms with van der Waals surface area (Å²) in [5.41, 5.74) is 3.64. The zero-order valence-electron chi connectivity index (χ0n) is 15.4. The number of rotatable bonds is 7. The van der Waals surface area contributed by atoms with Crippen LogP contribution >= 0.6 is 0 Å². The Morgan fingerprint density at radius 3 is 2.25 bits per heavy atom. The third-order valence-corrected chi connectivity index (χ3v) is 5.76. The molecule has 0 bridgehead atoms. The van der Waals surface area contributed by atoms with Crippen molar-refractivity contribution in [1.82, 2.24) is 0 Å². The highest BCUT2D eigenvalue weighted by Crippen LogP contribution is 2.18. The molecule has 0 radical (unpaired) electrons. The zero-order chi connectivity index (χ0) is 20.1. The van der Waals surface area contributed by atoms with Crippen molar-refractivity contribution >= 4 is 21.7 Å². The van der Waals surface area contributed by atoms with E-state index in [1.807, 2.05) is 31.2 Å². The van der Waals surface area contributed by atoms with Gasteiger partial charge in [-0.25, -0.2) is 13.2 Å². The molecular weight excluding hydrogens is 374 g/mol. The van der Waals surface area contributed by atoms with Crippen LogP contribution in [-0.4, -0.2) is 19.5 Å². The van der Waals surface area contributed by atoms with Crippen molar-refractivity contribution in [3.05, 3.63) is 95.1 Å². The van der Waals surface area contributed by atoms with Crippen molar-refractivity contribution in [2.45, 2.75) is 24.7 Å². The number of carboxylic acid groups (broad SMARTS) is 1. The standard InChI is InChI=1S/C22H21NO4S/c1-16-4-2-7-21(14-16)28(26,27)23-20-12-10-17(11-13-20)8-9-18-5-3-6-19(15-18)22(24)25/h2-7,10-15,23H,8-9H2,1H3,(H,24,25). The monoisotopic (exact) mass is 395 g/mol. The normalized spacial score (nSPS) is 11.2. The van der Waals surface area contributed by atoms with Crippen LogP contribution in [0.2, 0.25) is 0 Å². The summed E-state index contributed by atoms with van der Waals surface area (Å²) in [5.74, 6) is -0.938. The van der Waals surface area contributed by atoms with Crippen LogP contribution in [0.4, 0.5) is 5.69 Å². The van der Waals surface area contributed by atoms with E-state index >= 15 is 0 Å². The molecule has 0 aliphatic heterocycles. The molecule has 5 nitrogen and oxygen atoms in total. The van der Waals surface area contributed by atoms with Crippen LogP contribution < -0.4 is 4.72 Å². The van der Waals surface area contributed by atoms with Gasteiger partial charge in [-0.1, -0.05) is 36.4 Å². The van der Waals surface area contributed by atoms with Crippen molar-refractivity contribution in [2.75, 3.05) is 4.72 Å². The second kappa shape index (κ2) is 8.27. The van der Waals surface area contributed by atoms with Gasteiger partial charge in [-0.05, 0) is 72.9 Å². The lowest BCUT2D eigenvalue weighted by Crippen LogP contribution is -2.13. The van der Waals surface area contributed by atoms with Crippen LogP contribution in [0.25, 0.3) is 0 Å². The van der Waals surface area contributed by atoms with Gasteiger partial charge in [0.05, 0.1) is 10.5 Å². The number of aromatic carboxylic acids is 1. The molecular formula is C22H21NO4S. The van der Waals surface area contributed by atoms with Gasteiger partial charge in [-0.3, -0.25) is 4.72 Å². The summed E-state index contributed by atoms with van der Waals surface area (Å²) in [4.78, 5) is 11.3. The highest BCUT2D eigenvalue weighted by Gasteiger charge is 2.14. The van der Waals surface area contributed by atoms with Gasteiger partial charge in [0.2, 0.25) is 0 Å². The molecule has 0 saturated heterocycles. The van der Waals surface area contributed by atoms with Gasteiger partial charge in [0.1, 0.15) is 0 Å². The summed E-state index contributed by atoms with van der Waals surface area (Å²) in [5, 5.41) is 9.06. The highest BCUT2D eigenvalue weighted by molar-refractivity contribution is 7.92. The Morgan fingerprint density at radius 2 is 1.57 bits per heavy atom. The highest BCUT2D eigenvalue weighted by atomic mass is 32.2. The summed E-state index contributed by atoms with van der Waals surface area (Å²) in [6, 6.07) is 20.8. The molecule has 0 saturated carbocycles. The van der Waals surface area contributed by atoms with Gasteiger partial charge in [0, 0.05) is 5.69 Å². The molecule has 3 rings (SSSR count). The topological polar surface area (TPSA) is 83.5 Å². The van der Waals surface area contributed by atoms with E-state index in [2.05, 4.69) is 4.72 Å². The average molecular weight is 395 g/mol. The molecule has 0 aliphatic carbocycles. The van der Waals surface area contributed by atoms with Gasteiger partial charge in [0.25, 0.3) is 10.0 Å². The Kier molecular flexibility index (Phi) is 5.80. The number of benzene rings is 3. The maximum absolute atomic E-state index is 12.5. The van der Waals surface area contributed by atoms with Crippen LogP contribution in [0, 0.1) is 6.92 Å². The summed E-state index contributed by atoms with van der Waals surface area (Å²) >= 11 is 0. The lowest BCUT2D eigenvalue weighted by Gasteiger charge is -2.10. The Hall–Kier alpha value is -3.12. The summed E-state index contributed by atoms with van der Waals surface area (Å²) in [7, 11) is -3.62. The van der Waals surface area contributed by atoms with Crippen LogP contribution in [0.1, 0.15) is 27.0 Å². The molecule has 0 amide bonds. The van der Waals surface area contributed by atoms with Crippen molar-refractivity contribution in [2.24, 2.45) is 0 Å². The summed E-state index contributed by atoms with van der Waals surface area (Å²) < 4.78 is 27.5. The van der Waals surface area contributed by atoms with E-state index in [0.717, 1.165) is 23.1 Å². The number of aryl methyl sites for hydroxylation is 3. The predicted octanol–water partition coefficient (Wildman–Crippen LogP) is 4.28. The van der Waals surface area contributed by atoms with Crippen molar-refractivity contribution in [3.63, 3.8) is 0 Å². The van der Waals surface area contributed by atoms with Crippen molar-refractivity contribution in [3.8, 4) is 0 Å². The first kappa shape index (κ1) is 19.6. The molecule has 0 heterocycles. The lowest BCUT2D eigenvalue weighted by molar-refractivity contribution is 0.0696. The lowest BCUT2D eigenvalue weighted by atomic mass is 10.0. The maximum atomic E-state index is 12.5. The Labute approximate surface area is 164 Å². The molecule has 0 atom stereocenters. The minimum atomic E-state index is -3.62. The van der Waals surface area contributed by atoms with E-state index in [-0.39, 0.29) is 10.5 Å². The fourth-order valence-electron chi connectivity index (χ4n) is 2.88. The fourth-order valence-corrected chi connectivity index (χ4v) is 4.05. The molecule has 144 valence electrons. The third kappa shape index (κ3) is 4.98. The maximum Gasteiger partial charge on any atom is 0.335 e. The Morgan fingerprint density at radius 1 is 0.893 bits per heavy atom. The van der Waals surface area contributed by atoms with Crippen molar-refractivity contribution < 1.29 is 18.3 Å². The SMILES string of the molecule is Cc1cccc(S(=O)(=O)Nc2ccc(CCc3cccc(C(=O)O)c3)cc2)c1. The minimum absolute atomic E-state index is 0.231. The fraction of sp³-hybridized carbons (Fsp3) is 0.136. The number of carboxylic acids is 1. The Bertz CT molecular complexity index is 1090. The molecule has 3 aromatic rings. The molecule has 0 spiro atoms. The number of sulfonamides is 1. The van der Waals surface area contributed by atoms with E-state index in [1.54, 1.807) is 48.5 Å². The first-order chi connectivity index (χ1) is 13.3. The minimum Gasteiger partial charge on any atom is -0.478 e. The van der Waals surface area contributed by atoms with Gasteiger partial charge in [-0.15, -0.1) is 0 Å². The molecule has 0 unspecified atom stereocenters. The van der Waals surface area contributed by atoms with E-state index in [0.29, 0.717) is 12.1 Å². The smallest absolute Gasteiger partial charge is 0.335 e. The molecule has 6 heteroatoms. The molecule has 0 aliphatic rings.